The van der Waals surface area contributed by atoms with Crippen LogP contribution in [0.25, 0.3) is 0 Å². The molecule has 0 fully saturated rings. The number of hydrogen-bond donors (Lipinski definition) is 1. The van der Waals surface area contributed by atoms with Crippen molar-refractivity contribution >= 4 is 8.25 Å². The van der Waals surface area contributed by atoms with Gasteiger partial charge >= 0.3 is 59.1 Å². The first kappa shape index (κ1) is 19.7. The van der Waals surface area contributed by atoms with E-state index in [2.05, 4.69) is 5.32 Å². The Morgan fingerprint density at radius 3 is 1.54 bits per heavy atom. The van der Waals surface area contributed by atoms with Gasteiger partial charge in [-0.1, -0.05) is 20.4 Å². The molecule has 0 saturated heterocycles. The van der Waals surface area contributed by atoms with Crippen molar-refractivity contribution in [2.75, 3.05) is 0 Å². The number of rotatable bonds is 0. The molecule has 1 aliphatic heterocycles. The summed E-state index contributed by atoms with van der Waals surface area (Å²) in [6.45, 7) is 0. The fourth-order valence-electron chi connectivity index (χ4n) is 0.406. The van der Waals surface area contributed by atoms with Crippen molar-refractivity contribution in [3.8, 4) is 0 Å². The summed E-state index contributed by atoms with van der Waals surface area (Å²) >= 11 is 0. The average molecular weight is 219 g/mol. The van der Waals surface area contributed by atoms with Crippen LogP contribution in [0, 0.1) is 0 Å². The standard InChI is InChI=1S/C6H7N.2Na.H3O3P/c1-2-4-6-7-5-3-1;;;1-4(2)3/h1-7H;;;4H,(H2,1,2,3)/q;2*+1;/p-2. The van der Waals surface area contributed by atoms with E-state index in [4.69, 9.17) is 14.4 Å². The Morgan fingerprint density at radius 2 is 1.23 bits per heavy atom. The van der Waals surface area contributed by atoms with Gasteiger partial charge in [-0.25, -0.2) is 0 Å². The second-order valence-electron chi connectivity index (χ2n) is 1.52. The molecule has 13 heavy (non-hydrogen) atoms. The van der Waals surface area contributed by atoms with Crippen LogP contribution in [-0.2, 0) is 4.57 Å². The average Bonchev–Trinajstić information content (AvgIpc) is 2.13. The minimum Gasteiger partial charge on any atom is -0.813 e. The van der Waals surface area contributed by atoms with Crippen LogP contribution in [0.15, 0.2) is 36.7 Å². The molecule has 1 heterocycles. The molecule has 0 aliphatic carbocycles. The monoisotopic (exact) mass is 219 g/mol. The Hall–Kier alpha value is 1.17. The van der Waals surface area contributed by atoms with Crippen LogP contribution in [0.3, 0.4) is 0 Å². The van der Waals surface area contributed by atoms with Crippen LogP contribution in [0.4, 0.5) is 0 Å². The number of hydrogen-bond acceptors (Lipinski definition) is 4. The zero-order valence-corrected chi connectivity index (χ0v) is 12.7. The Kier molecular flexibility index (Phi) is 23.7. The predicted octanol–water partition coefficient (Wildman–Crippen LogP) is -6.72. The molecule has 4 nitrogen and oxygen atoms in total. The van der Waals surface area contributed by atoms with E-state index in [1.165, 1.54) is 0 Å². The fourth-order valence-corrected chi connectivity index (χ4v) is 0.406. The third-order valence-corrected chi connectivity index (χ3v) is 0.718. The summed E-state index contributed by atoms with van der Waals surface area (Å²) < 4.78 is 8.52. The van der Waals surface area contributed by atoms with Crippen molar-refractivity contribution in [3.63, 3.8) is 0 Å². The van der Waals surface area contributed by atoms with Crippen molar-refractivity contribution in [2.24, 2.45) is 0 Å². The molecule has 0 aromatic heterocycles. The molecule has 62 valence electrons. The molecular formula is C6H8NNa2O3P. The molecule has 0 bridgehead atoms. The predicted molar refractivity (Wildman–Crippen MR) is 39.6 cm³/mol. The maximum Gasteiger partial charge on any atom is 1.00 e. The van der Waals surface area contributed by atoms with Gasteiger partial charge in [0.1, 0.15) is 0 Å². The van der Waals surface area contributed by atoms with Crippen LogP contribution in [0.2, 0.25) is 0 Å². The summed E-state index contributed by atoms with van der Waals surface area (Å²) in [4.78, 5) is 17.0. The quantitative estimate of drug-likeness (QED) is 0.324. The largest absolute Gasteiger partial charge is 1.00 e. The smallest absolute Gasteiger partial charge is 0.813 e. The molecule has 0 spiro atoms. The summed E-state index contributed by atoms with van der Waals surface area (Å²) in [6.07, 6.45) is 11.6. The zero-order chi connectivity index (χ0) is 8.53. The topological polar surface area (TPSA) is 75.2 Å². The van der Waals surface area contributed by atoms with Gasteiger partial charge in [0.05, 0.1) is 0 Å². The molecular weight excluding hydrogens is 211 g/mol. The molecule has 7 heteroatoms. The van der Waals surface area contributed by atoms with Gasteiger partial charge in [0.25, 0.3) is 0 Å². The van der Waals surface area contributed by atoms with Gasteiger partial charge in [0, 0.05) is 12.4 Å². The fraction of sp³-hybridized carbons (Fsp3) is 0. The van der Waals surface area contributed by atoms with E-state index in [0.717, 1.165) is 0 Å². The van der Waals surface area contributed by atoms with Crippen molar-refractivity contribution < 1.29 is 73.5 Å². The maximum absolute atomic E-state index is 8.52. The van der Waals surface area contributed by atoms with E-state index >= 15 is 0 Å². The molecule has 1 N–H and O–H groups in total. The third-order valence-electron chi connectivity index (χ3n) is 0.718. The van der Waals surface area contributed by atoms with Gasteiger partial charge < -0.3 is 19.7 Å². The van der Waals surface area contributed by atoms with Crippen molar-refractivity contribution in [3.05, 3.63) is 36.7 Å². The van der Waals surface area contributed by atoms with Gasteiger partial charge in [-0.15, -0.1) is 0 Å². The number of allylic oxidation sites excluding steroid dienone is 4. The molecule has 0 atom stereocenters. The normalized spacial score (nSPS) is 11.3. The van der Waals surface area contributed by atoms with Crippen LogP contribution in [0.1, 0.15) is 0 Å². The first-order valence-corrected chi connectivity index (χ1v) is 4.08. The van der Waals surface area contributed by atoms with Crippen LogP contribution >= 0.6 is 8.25 Å². The molecule has 0 aromatic carbocycles. The summed E-state index contributed by atoms with van der Waals surface area (Å²) in [5, 5.41) is 2.92. The third kappa shape index (κ3) is 24.6. The van der Waals surface area contributed by atoms with E-state index in [1.807, 2.05) is 36.7 Å². The van der Waals surface area contributed by atoms with E-state index in [0.29, 0.717) is 0 Å². The van der Waals surface area contributed by atoms with Crippen LogP contribution < -0.4 is 74.2 Å². The maximum atomic E-state index is 8.52. The summed E-state index contributed by atoms with van der Waals surface area (Å²) in [7, 11) is -3.63. The van der Waals surface area contributed by atoms with E-state index < -0.39 is 8.25 Å². The minimum atomic E-state index is -3.63. The van der Waals surface area contributed by atoms with E-state index in [-0.39, 0.29) is 59.1 Å². The first-order valence-electron chi connectivity index (χ1n) is 2.86. The first-order chi connectivity index (χ1) is 5.23. The Balaban J connectivity index is -0.000000150. The summed E-state index contributed by atoms with van der Waals surface area (Å²) in [5.41, 5.74) is 0. The van der Waals surface area contributed by atoms with Crippen LogP contribution in [-0.4, -0.2) is 0 Å². The van der Waals surface area contributed by atoms with Gasteiger partial charge in [-0.05, 0) is 12.2 Å². The zero-order valence-electron chi connectivity index (χ0n) is 7.69. The Labute approximate surface area is 122 Å². The Bertz CT molecular complexity index is 188. The van der Waals surface area contributed by atoms with Crippen molar-refractivity contribution in [1.29, 1.82) is 0 Å². The molecule has 0 saturated carbocycles. The van der Waals surface area contributed by atoms with Crippen molar-refractivity contribution in [2.45, 2.75) is 0 Å². The molecule has 0 radical (unpaired) electrons. The van der Waals surface area contributed by atoms with Crippen LogP contribution in [0.5, 0.6) is 0 Å². The summed E-state index contributed by atoms with van der Waals surface area (Å²) in [6, 6.07) is 0. The molecule has 1 rings (SSSR count). The molecule has 0 amide bonds. The van der Waals surface area contributed by atoms with Gasteiger partial charge in [-0.3, -0.25) is 0 Å². The molecule has 0 aromatic rings. The SMILES string of the molecule is C1=CC=CNC=C1.O=[PH]([O-])[O-].[Na+].[Na+]. The van der Waals surface area contributed by atoms with Crippen molar-refractivity contribution in [1.82, 2.24) is 5.32 Å². The summed E-state index contributed by atoms with van der Waals surface area (Å²) in [5.74, 6) is 0. The second kappa shape index (κ2) is 15.6. The minimum absolute atomic E-state index is 0. The number of nitrogens with one attached hydrogen (secondary N) is 1. The molecule has 1 aliphatic rings. The van der Waals surface area contributed by atoms with E-state index in [9.17, 15) is 0 Å². The molecule has 0 unspecified atom stereocenters. The Morgan fingerprint density at radius 1 is 0.923 bits per heavy atom. The van der Waals surface area contributed by atoms with E-state index in [1.54, 1.807) is 0 Å². The van der Waals surface area contributed by atoms with Gasteiger partial charge in [0.2, 0.25) is 0 Å². The van der Waals surface area contributed by atoms with Gasteiger partial charge in [0.15, 0.2) is 0 Å². The second-order valence-corrected chi connectivity index (χ2v) is 2.02. The van der Waals surface area contributed by atoms with Gasteiger partial charge in [-0.2, -0.15) is 0 Å².